The molecule has 23 heavy (non-hydrogen) atoms. The minimum Gasteiger partial charge on any atom is -0.372 e. The van der Waals surface area contributed by atoms with E-state index >= 15 is 0 Å². The molecule has 0 aromatic heterocycles. The number of anilines is 1. The maximum Gasteiger partial charge on any atom is 0.262 e. The minimum atomic E-state index is -0.257. The van der Waals surface area contributed by atoms with Gasteiger partial charge in [-0.05, 0) is 50.5 Å². The van der Waals surface area contributed by atoms with Crippen molar-refractivity contribution in [3.05, 3.63) is 35.4 Å². The Hall–Kier alpha value is -2.28. The lowest BCUT2D eigenvalue weighted by atomic mass is 10.1. The average molecular weight is 311 g/mol. The van der Waals surface area contributed by atoms with Crippen LogP contribution in [0.25, 0.3) is 6.08 Å². The molecule has 2 rings (SSSR count). The fourth-order valence-corrected chi connectivity index (χ4v) is 3.02. The maximum atomic E-state index is 12.2. The number of carbonyl (C=O) groups is 1. The zero-order chi connectivity index (χ0) is 16.7. The molecule has 1 aromatic carbocycles. The van der Waals surface area contributed by atoms with Gasteiger partial charge in [-0.2, -0.15) is 5.26 Å². The first-order valence-electron chi connectivity index (χ1n) is 8.45. The van der Waals surface area contributed by atoms with Crippen LogP contribution in [0.15, 0.2) is 29.8 Å². The van der Waals surface area contributed by atoms with E-state index in [4.69, 9.17) is 0 Å². The van der Waals surface area contributed by atoms with E-state index in [1.165, 1.54) is 0 Å². The van der Waals surface area contributed by atoms with Crippen molar-refractivity contribution < 1.29 is 4.79 Å². The van der Waals surface area contributed by atoms with Crippen molar-refractivity contribution in [2.75, 3.05) is 18.0 Å². The lowest BCUT2D eigenvalue weighted by Gasteiger charge is -2.20. The lowest BCUT2D eigenvalue weighted by molar-refractivity contribution is -0.117. The Balaban J connectivity index is 2.08. The SMILES string of the molecule is CCN(CC)c1ccc(C=C(C#N)C(=O)NC2CCCC2)cc1. The van der Waals surface area contributed by atoms with Crippen LogP contribution in [0.4, 0.5) is 5.69 Å². The van der Waals surface area contributed by atoms with Gasteiger partial charge in [-0.25, -0.2) is 0 Å². The Morgan fingerprint density at radius 2 is 1.87 bits per heavy atom. The van der Waals surface area contributed by atoms with Gasteiger partial charge in [-0.15, -0.1) is 0 Å². The van der Waals surface area contributed by atoms with E-state index in [0.29, 0.717) is 0 Å². The predicted octanol–water partition coefficient (Wildman–Crippen LogP) is 3.50. The van der Waals surface area contributed by atoms with Gasteiger partial charge in [-0.3, -0.25) is 4.79 Å². The topological polar surface area (TPSA) is 56.1 Å². The molecule has 1 N–H and O–H groups in total. The second-order valence-electron chi connectivity index (χ2n) is 5.89. The molecule has 1 saturated carbocycles. The molecular weight excluding hydrogens is 286 g/mol. The quantitative estimate of drug-likeness (QED) is 0.646. The minimum absolute atomic E-state index is 0.174. The van der Waals surface area contributed by atoms with Crippen LogP contribution in [-0.4, -0.2) is 25.0 Å². The van der Waals surface area contributed by atoms with Gasteiger partial charge in [0, 0.05) is 24.8 Å². The Kier molecular flexibility index (Phi) is 6.22. The summed E-state index contributed by atoms with van der Waals surface area (Å²) in [5.41, 5.74) is 2.20. The number of hydrogen-bond donors (Lipinski definition) is 1. The largest absolute Gasteiger partial charge is 0.372 e. The number of rotatable bonds is 6. The number of hydrogen-bond acceptors (Lipinski definition) is 3. The van der Waals surface area contributed by atoms with Crippen molar-refractivity contribution in [1.82, 2.24) is 5.32 Å². The van der Waals surface area contributed by atoms with Crippen molar-refractivity contribution >= 4 is 17.7 Å². The van der Waals surface area contributed by atoms with E-state index in [1.807, 2.05) is 30.3 Å². The van der Waals surface area contributed by atoms with E-state index in [0.717, 1.165) is 50.0 Å². The first-order valence-corrected chi connectivity index (χ1v) is 8.45. The normalized spacial score (nSPS) is 15.3. The molecule has 1 fully saturated rings. The number of carbonyl (C=O) groups excluding carboxylic acids is 1. The van der Waals surface area contributed by atoms with Gasteiger partial charge in [-0.1, -0.05) is 25.0 Å². The van der Waals surface area contributed by atoms with E-state index < -0.39 is 0 Å². The molecule has 4 nitrogen and oxygen atoms in total. The number of nitrogens with one attached hydrogen (secondary N) is 1. The summed E-state index contributed by atoms with van der Waals surface area (Å²) in [6, 6.07) is 10.2. The molecule has 0 spiro atoms. The van der Waals surface area contributed by atoms with E-state index in [9.17, 15) is 10.1 Å². The Bertz CT molecular complexity index is 588. The maximum absolute atomic E-state index is 12.2. The monoisotopic (exact) mass is 311 g/mol. The Morgan fingerprint density at radius 1 is 1.26 bits per heavy atom. The van der Waals surface area contributed by atoms with Crippen LogP contribution in [0.5, 0.6) is 0 Å². The molecular formula is C19H25N3O. The standard InChI is InChI=1S/C19H25N3O/c1-3-22(4-2)18-11-9-15(10-12-18)13-16(14-20)19(23)21-17-7-5-6-8-17/h9-13,17H,3-8H2,1-2H3,(H,21,23). The van der Waals surface area contributed by atoms with Gasteiger partial charge >= 0.3 is 0 Å². The fraction of sp³-hybridized carbons (Fsp3) is 0.474. The zero-order valence-corrected chi connectivity index (χ0v) is 14.0. The van der Waals surface area contributed by atoms with Crippen LogP contribution in [0, 0.1) is 11.3 Å². The summed E-state index contributed by atoms with van der Waals surface area (Å²) in [4.78, 5) is 14.4. The summed E-state index contributed by atoms with van der Waals surface area (Å²) in [6.45, 7) is 6.16. The van der Waals surface area contributed by atoms with Gasteiger partial charge in [0.25, 0.3) is 5.91 Å². The number of benzene rings is 1. The van der Waals surface area contributed by atoms with Crippen molar-refractivity contribution in [3.8, 4) is 6.07 Å². The molecule has 0 radical (unpaired) electrons. The summed E-state index contributed by atoms with van der Waals surface area (Å²) in [6.07, 6.45) is 6.01. The third-order valence-corrected chi connectivity index (χ3v) is 4.39. The van der Waals surface area contributed by atoms with Crippen molar-refractivity contribution in [2.45, 2.75) is 45.6 Å². The van der Waals surface area contributed by atoms with Crippen molar-refractivity contribution in [1.29, 1.82) is 5.26 Å². The third-order valence-electron chi connectivity index (χ3n) is 4.39. The van der Waals surface area contributed by atoms with E-state index in [1.54, 1.807) is 6.08 Å². The highest BCUT2D eigenvalue weighted by Crippen LogP contribution is 2.19. The smallest absolute Gasteiger partial charge is 0.262 e. The first-order chi connectivity index (χ1) is 11.2. The molecule has 0 unspecified atom stereocenters. The van der Waals surface area contributed by atoms with Crippen LogP contribution in [0.1, 0.15) is 45.1 Å². The summed E-state index contributed by atoms with van der Waals surface area (Å²) in [5.74, 6) is -0.257. The van der Waals surface area contributed by atoms with Crippen LogP contribution in [0.3, 0.4) is 0 Å². The molecule has 1 amide bonds. The summed E-state index contributed by atoms with van der Waals surface area (Å²) in [5, 5.41) is 12.2. The second-order valence-corrected chi connectivity index (χ2v) is 5.89. The molecule has 0 aliphatic heterocycles. The first kappa shape index (κ1) is 17.1. The summed E-state index contributed by atoms with van der Waals surface area (Å²) < 4.78 is 0. The highest BCUT2D eigenvalue weighted by molar-refractivity contribution is 6.01. The summed E-state index contributed by atoms with van der Waals surface area (Å²) >= 11 is 0. The highest BCUT2D eigenvalue weighted by Gasteiger charge is 2.19. The van der Waals surface area contributed by atoms with Crippen LogP contribution < -0.4 is 10.2 Å². The fourth-order valence-electron chi connectivity index (χ4n) is 3.02. The van der Waals surface area contributed by atoms with Gasteiger partial charge < -0.3 is 10.2 Å². The lowest BCUT2D eigenvalue weighted by Crippen LogP contribution is -2.33. The van der Waals surface area contributed by atoms with Gasteiger partial charge in [0.1, 0.15) is 11.6 Å². The van der Waals surface area contributed by atoms with Gasteiger partial charge in [0.05, 0.1) is 0 Å². The molecule has 0 heterocycles. The molecule has 122 valence electrons. The summed E-state index contributed by atoms with van der Waals surface area (Å²) in [7, 11) is 0. The van der Waals surface area contributed by atoms with E-state index in [-0.39, 0.29) is 17.5 Å². The molecule has 1 aromatic rings. The molecule has 1 aliphatic rings. The number of amides is 1. The third kappa shape index (κ3) is 4.59. The number of nitrogens with zero attached hydrogens (tertiary/aromatic N) is 2. The Labute approximate surface area is 138 Å². The molecule has 0 atom stereocenters. The van der Waals surface area contributed by atoms with Gasteiger partial charge in [0.15, 0.2) is 0 Å². The highest BCUT2D eigenvalue weighted by atomic mass is 16.1. The molecule has 0 saturated heterocycles. The van der Waals surface area contributed by atoms with Crippen LogP contribution >= 0.6 is 0 Å². The zero-order valence-electron chi connectivity index (χ0n) is 14.0. The molecule has 4 heteroatoms. The Morgan fingerprint density at radius 3 is 2.39 bits per heavy atom. The van der Waals surface area contributed by atoms with Gasteiger partial charge in [0.2, 0.25) is 0 Å². The van der Waals surface area contributed by atoms with Crippen molar-refractivity contribution in [2.24, 2.45) is 0 Å². The van der Waals surface area contributed by atoms with Crippen LogP contribution in [-0.2, 0) is 4.79 Å². The predicted molar refractivity (Wildman–Crippen MR) is 94.0 cm³/mol. The van der Waals surface area contributed by atoms with Crippen molar-refractivity contribution in [3.63, 3.8) is 0 Å². The molecule has 0 bridgehead atoms. The number of nitriles is 1. The van der Waals surface area contributed by atoms with E-state index in [2.05, 4.69) is 24.1 Å². The molecule has 1 aliphatic carbocycles. The van der Waals surface area contributed by atoms with Crippen LogP contribution in [0.2, 0.25) is 0 Å². The second kappa shape index (κ2) is 8.38. The average Bonchev–Trinajstić information content (AvgIpc) is 3.08.